The SMILES string of the molecule is CC1(C)C[C@@H]1C(=O)Nc1ccc([N+](=O)[O-])cc1Br. The fraction of sp³-hybridized carbons (Fsp3) is 0.417. The lowest BCUT2D eigenvalue weighted by molar-refractivity contribution is -0.384. The Morgan fingerprint density at radius 2 is 2.17 bits per heavy atom. The van der Waals surface area contributed by atoms with Gasteiger partial charge >= 0.3 is 0 Å². The highest BCUT2D eigenvalue weighted by Crippen LogP contribution is 2.52. The average molecular weight is 313 g/mol. The monoisotopic (exact) mass is 312 g/mol. The van der Waals surface area contributed by atoms with Crippen LogP contribution in [0.3, 0.4) is 0 Å². The first-order valence-corrected chi connectivity index (χ1v) is 6.35. The molecule has 2 rings (SSSR count). The van der Waals surface area contributed by atoms with Crippen LogP contribution in [0.1, 0.15) is 20.3 Å². The number of carbonyl (C=O) groups is 1. The van der Waals surface area contributed by atoms with Crippen LogP contribution >= 0.6 is 15.9 Å². The van der Waals surface area contributed by atoms with E-state index in [1.165, 1.54) is 18.2 Å². The van der Waals surface area contributed by atoms with Gasteiger partial charge in [0.2, 0.25) is 5.91 Å². The normalized spacial score (nSPS) is 20.3. The first-order chi connectivity index (χ1) is 8.31. The molecule has 0 aliphatic heterocycles. The predicted molar refractivity (Wildman–Crippen MR) is 71.3 cm³/mol. The van der Waals surface area contributed by atoms with Gasteiger partial charge in [0, 0.05) is 22.5 Å². The minimum atomic E-state index is -0.472. The van der Waals surface area contributed by atoms with Crippen molar-refractivity contribution in [1.29, 1.82) is 0 Å². The second-order valence-corrected chi connectivity index (χ2v) is 6.01. The molecule has 1 amide bonds. The van der Waals surface area contributed by atoms with E-state index in [0.29, 0.717) is 10.2 Å². The predicted octanol–water partition coefficient (Wildman–Crippen LogP) is 3.34. The van der Waals surface area contributed by atoms with Gasteiger partial charge in [0.05, 0.1) is 10.6 Å². The Balaban J connectivity index is 2.11. The summed E-state index contributed by atoms with van der Waals surface area (Å²) in [6, 6.07) is 4.29. The lowest BCUT2D eigenvalue weighted by Gasteiger charge is -2.08. The van der Waals surface area contributed by atoms with Gasteiger partial charge in [-0.1, -0.05) is 13.8 Å². The largest absolute Gasteiger partial charge is 0.325 e. The molecular formula is C12H13BrN2O3. The van der Waals surface area contributed by atoms with E-state index in [0.717, 1.165) is 6.42 Å². The summed E-state index contributed by atoms with van der Waals surface area (Å²) in [5.41, 5.74) is 0.622. The molecule has 1 saturated carbocycles. The van der Waals surface area contributed by atoms with Crippen LogP contribution in [0.5, 0.6) is 0 Å². The smallest absolute Gasteiger partial charge is 0.270 e. The number of rotatable bonds is 3. The van der Waals surface area contributed by atoms with E-state index in [-0.39, 0.29) is 22.9 Å². The first kappa shape index (κ1) is 13.0. The summed E-state index contributed by atoms with van der Waals surface area (Å²) < 4.78 is 0.517. The van der Waals surface area contributed by atoms with E-state index >= 15 is 0 Å². The van der Waals surface area contributed by atoms with Gasteiger partial charge in [0.25, 0.3) is 5.69 Å². The van der Waals surface area contributed by atoms with E-state index in [1.54, 1.807) is 0 Å². The van der Waals surface area contributed by atoms with Crippen LogP contribution in [-0.4, -0.2) is 10.8 Å². The van der Waals surface area contributed by atoms with Crippen molar-refractivity contribution in [3.8, 4) is 0 Å². The van der Waals surface area contributed by atoms with Crippen molar-refractivity contribution in [2.45, 2.75) is 20.3 Å². The molecule has 0 aromatic heterocycles. The number of nitrogens with one attached hydrogen (secondary N) is 1. The number of carbonyl (C=O) groups excluding carboxylic acids is 1. The van der Waals surface area contributed by atoms with E-state index in [2.05, 4.69) is 21.2 Å². The topological polar surface area (TPSA) is 72.2 Å². The third-order valence-corrected chi connectivity index (χ3v) is 3.91. The van der Waals surface area contributed by atoms with Crippen molar-refractivity contribution in [3.63, 3.8) is 0 Å². The minimum absolute atomic E-state index is 0.00775. The van der Waals surface area contributed by atoms with E-state index < -0.39 is 4.92 Å². The number of nitro benzene ring substituents is 1. The minimum Gasteiger partial charge on any atom is -0.325 e. The zero-order chi connectivity index (χ0) is 13.5. The van der Waals surface area contributed by atoms with Crippen LogP contribution in [0.4, 0.5) is 11.4 Å². The number of hydrogen-bond acceptors (Lipinski definition) is 3. The van der Waals surface area contributed by atoms with Crippen LogP contribution in [0, 0.1) is 21.4 Å². The molecule has 0 unspecified atom stereocenters. The Kier molecular flexibility index (Phi) is 3.14. The molecule has 1 aromatic carbocycles. The van der Waals surface area contributed by atoms with Gasteiger partial charge in [-0.2, -0.15) is 0 Å². The maximum atomic E-state index is 11.9. The molecule has 0 radical (unpaired) electrons. The van der Waals surface area contributed by atoms with Crippen molar-refractivity contribution < 1.29 is 9.72 Å². The zero-order valence-corrected chi connectivity index (χ0v) is 11.7. The average Bonchev–Trinajstić information content (AvgIpc) is 2.90. The number of halogens is 1. The molecule has 1 fully saturated rings. The van der Waals surface area contributed by atoms with Crippen LogP contribution in [0.25, 0.3) is 0 Å². The van der Waals surface area contributed by atoms with Crippen molar-refractivity contribution in [2.75, 3.05) is 5.32 Å². The fourth-order valence-corrected chi connectivity index (χ4v) is 2.32. The van der Waals surface area contributed by atoms with Crippen molar-refractivity contribution >= 4 is 33.2 Å². The van der Waals surface area contributed by atoms with E-state index in [4.69, 9.17) is 0 Å². The highest BCUT2D eigenvalue weighted by atomic mass is 79.9. The number of nitrogens with zero attached hydrogens (tertiary/aromatic N) is 1. The molecular weight excluding hydrogens is 300 g/mol. The summed E-state index contributed by atoms with van der Waals surface area (Å²) in [6.07, 6.45) is 0.878. The van der Waals surface area contributed by atoms with Crippen LogP contribution in [-0.2, 0) is 4.79 Å². The molecule has 0 saturated heterocycles. The first-order valence-electron chi connectivity index (χ1n) is 5.56. The molecule has 0 heterocycles. The zero-order valence-electron chi connectivity index (χ0n) is 10.1. The molecule has 1 N–H and O–H groups in total. The second-order valence-electron chi connectivity index (χ2n) is 5.16. The van der Waals surface area contributed by atoms with Gasteiger partial charge in [0.1, 0.15) is 0 Å². The molecule has 0 spiro atoms. The molecule has 18 heavy (non-hydrogen) atoms. The number of hydrogen-bond donors (Lipinski definition) is 1. The molecule has 6 heteroatoms. The molecule has 1 aliphatic carbocycles. The lowest BCUT2D eigenvalue weighted by Crippen LogP contribution is -2.16. The summed E-state index contributed by atoms with van der Waals surface area (Å²) in [6.45, 7) is 4.09. The Bertz CT molecular complexity index is 528. The molecule has 1 aliphatic rings. The van der Waals surface area contributed by atoms with Crippen molar-refractivity contribution in [3.05, 3.63) is 32.8 Å². The van der Waals surface area contributed by atoms with Crippen LogP contribution in [0.2, 0.25) is 0 Å². The Hall–Kier alpha value is -1.43. The van der Waals surface area contributed by atoms with Gasteiger partial charge in [-0.05, 0) is 33.8 Å². The lowest BCUT2D eigenvalue weighted by atomic mass is 10.1. The summed E-state index contributed by atoms with van der Waals surface area (Å²) in [5, 5.41) is 13.4. The van der Waals surface area contributed by atoms with Gasteiger partial charge in [0.15, 0.2) is 0 Å². The Morgan fingerprint density at radius 1 is 1.56 bits per heavy atom. The highest BCUT2D eigenvalue weighted by Gasteiger charge is 2.50. The third-order valence-electron chi connectivity index (χ3n) is 3.25. The molecule has 1 aromatic rings. The number of nitro groups is 1. The summed E-state index contributed by atoms with van der Waals surface area (Å²) in [5.74, 6) is -0.00542. The highest BCUT2D eigenvalue weighted by molar-refractivity contribution is 9.10. The number of non-ortho nitro benzene ring substituents is 1. The fourth-order valence-electron chi connectivity index (χ4n) is 1.85. The number of benzene rings is 1. The molecule has 0 bridgehead atoms. The van der Waals surface area contributed by atoms with Crippen LogP contribution in [0.15, 0.2) is 22.7 Å². The number of anilines is 1. The summed E-state index contributed by atoms with van der Waals surface area (Å²) >= 11 is 3.22. The maximum Gasteiger partial charge on any atom is 0.270 e. The van der Waals surface area contributed by atoms with Crippen LogP contribution < -0.4 is 5.32 Å². The summed E-state index contributed by atoms with van der Waals surface area (Å²) in [4.78, 5) is 22.0. The molecule has 96 valence electrons. The van der Waals surface area contributed by atoms with E-state index in [9.17, 15) is 14.9 Å². The molecule has 1 atom stereocenters. The Morgan fingerprint density at radius 3 is 2.61 bits per heavy atom. The standard InChI is InChI=1S/C12H13BrN2O3/c1-12(2)6-8(12)11(16)14-10-4-3-7(15(17)18)5-9(10)13/h3-5,8H,6H2,1-2H3,(H,14,16)/t8-/m1/s1. The Labute approximate surface area is 113 Å². The summed E-state index contributed by atoms with van der Waals surface area (Å²) in [7, 11) is 0. The van der Waals surface area contributed by atoms with Crippen molar-refractivity contribution in [2.24, 2.45) is 11.3 Å². The van der Waals surface area contributed by atoms with Crippen molar-refractivity contribution in [1.82, 2.24) is 0 Å². The van der Waals surface area contributed by atoms with Gasteiger partial charge < -0.3 is 5.32 Å². The second kappa shape index (κ2) is 4.35. The molecule has 5 nitrogen and oxygen atoms in total. The quantitative estimate of drug-likeness (QED) is 0.687. The van der Waals surface area contributed by atoms with E-state index in [1.807, 2.05) is 13.8 Å². The maximum absolute atomic E-state index is 11.9. The van der Waals surface area contributed by atoms with Gasteiger partial charge in [-0.25, -0.2) is 0 Å². The third kappa shape index (κ3) is 2.53. The van der Waals surface area contributed by atoms with Gasteiger partial charge in [-0.15, -0.1) is 0 Å². The van der Waals surface area contributed by atoms with Gasteiger partial charge in [-0.3, -0.25) is 14.9 Å². The number of amides is 1.